The lowest BCUT2D eigenvalue weighted by Gasteiger charge is -2.27. The summed E-state index contributed by atoms with van der Waals surface area (Å²) in [5.74, 6) is 0.692. The highest BCUT2D eigenvalue weighted by Crippen LogP contribution is 2.19. The van der Waals surface area contributed by atoms with Crippen LogP contribution >= 0.6 is 25.3 Å². The average Bonchev–Trinajstić information content (AvgIpc) is 2.17. The van der Waals surface area contributed by atoms with Gasteiger partial charge in [-0.1, -0.05) is 0 Å². The van der Waals surface area contributed by atoms with Gasteiger partial charge in [0.25, 0.3) is 0 Å². The highest BCUT2D eigenvalue weighted by atomic mass is 32.1. The van der Waals surface area contributed by atoms with Gasteiger partial charge in [0.1, 0.15) is 0 Å². The number of hydrogen-bond acceptors (Lipinski definition) is 5. The molecule has 0 rings (SSSR count). The van der Waals surface area contributed by atoms with Gasteiger partial charge in [0.05, 0.1) is 0 Å². The first-order valence-electron chi connectivity index (χ1n) is 4.17. The van der Waals surface area contributed by atoms with Gasteiger partial charge in [-0.25, -0.2) is 0 Å². The third kappa shape index (κ3) is 4.71. The molecular weight excluding hydrogens is 224 g/mol. The van der Waals surface area contributed by atoms with Crippen molar-refractivity contribution in [2.24, 2.45) is 0 Å². The summed E-state index contributed by atoms with van der Waals surface area (Å²) in [6, 6.07) is 0.695. The zero-order valence-corrected chi connectivity index (χ0v) is 11.1. The van der Waals surface area contributed by atoms with Gasteiger partial charge in [-0.05, 0) is 6.92 Å². The maximum absolute atomic E-state index is 5.51. The van der Waals surface area contributed by atoms with Crippen molar-refractivity contribution in [1.82, 2.24) is 0 Å². The fourth-order valence-corrected chi connectivity index (χ4v) is 4.06. The van der Waals surface area contributed by atoms with Crippen LogP contribution in [0.25, 0.3) is 0 Å². The molecule has 0 saturated heterocycles. The minimum Gasteiger partial charge on any atom is -0.377 e. The van der Waals surface area contributed by atoms with E-state index in [1.165, 1.54) is 0 Å². The minimum absolute atomic E-state index is 0.154. The molecule has 0 aliphatic carbocycles. The maximum atomic E-state index is 5.51. The molecule has 80 valence electrons. The lowest BCUT2D eigenvalue weighted by Crippen LogP contribution is -2.46. The van der Waals surface area contributed by atoms with Crippen molar-refractivity contribution in [3.8, 4) is 0 Å². The van der Waals surface area contributed by atoms with Gasteiger partial charge in [0.15, 0.2) is 0 Å². The number of rotatable bonds is 7. The fraction of sp³-hybridized carbons (Fsp3) is 1.00. The summed E-state index contributed by atoms with van der Waals surface area (Å²) in [6.07, 6.45) is 0. The Balaban J connectivity index is 4.19. The highest BCUT2D eigenvalue weighted by molar-refractivity contribution is 7.84. The molecule has 0 fully saturated rings. The Morgan fingerprint density at radius 3 is 2.15 bits per heavy atom. The molecule has 1 unspecified atom stereocenters. The Labute approximate surface area is 92.3 Å². The summed E-state index contributed by atoms with van der Waals surface area (Å²) < 4.78 is 16.1. The van der Waals surface area contributed by atoms with Crippen molar-refractivity contribution in [1.29, 1.82) is 0 Å². The molecule has 0 aliphatic rings. The predicted octanol–water partition coefficient (Wildman–Crippen LogP) is 1.48. The lowest BCUT2D eigenvalue weighted by molar-refractivity contribution is 0.104. The van der Waals surface area contributed by atoms with Gasteiger partial charge < -0.3 is 13.3 Å². The highest BCUT2D eigenvalue weighted by Gasteiger charge is 2.40. The smallest absolute Gasteiger partial charge is 0.377 e. The molecule has 0 radical (unpaired) electrons. The molecular formula is C7H18O3S2Si. The van der Waals surface area contributed by atoms with Gasteiger partial charge in [0.2, 0.25) is 0 Å². The molecule has 0 aliphatic heterocycles. The van der Waals surface area contributed by atoms with E-state index in [1.807, 2.05) is 6.92 Å². The van der Waals surface area contributed by atoms with Gasteiger partial charge in [0, 0.05) is 37.9 Å². The molecule has 0 amide bonds. The normalized spacial score (nSPS) is 14.5. The van der Waals surface area contributed by atoms with Crippen molar-refractivity contribution >= 4 is 34.1 Å². The molecule has 0 aromatic heterocycles. The summed E-state index contributed by atoms with van der Waals surface area (Å²) in [5, 5.41) is 0.154. The van der Waals surface area contributed by atoms with Crippen molar-refractivity contribution in [2.75, 3.05) is 26.6 Å². The van der Waals surface area contributed by atoms with E-state index >= 15 is 0 Å². The van der Waals surface area contributed by atoms with Crippen LogP contribution in [-0.2, 0) is 13.3 Å². The van der Waals surface area contributed by atoms with E-state index < -0.39 is 8.80 Å². The summed E-state index contributed by atoms with van der Waals surface area (Å²) in [4.78, 5) is 0. The molecule has 0 aromatic rings. The van der Waals surface area contributed by atoms with Crippen LogP contribution in [0, 0.1) is 0 Å². The molecule has 0 saturated carbocycles. The topological polar surface area (TPSA) is 27.7 Å². The second-order valence-electron chi connectivity index (χ2n) is 2.56. The Bertz CT molecular complexity index is 133. The van der Waals surface area contributed by atoms with E-state index in [-0.39, 0.29) is 5.25 Å². The van der Waals surface area contributed by atoms with Crippen LogP contribution in [0.2, 0.25) is 6.04 Å². The second-order valence-corrected chi connectivity index (χ2v) is 6.54. The first-order chi connectivity index (χ1) is 6.14. The summed E-state index contributed by atoms with van der Waals surface area (Å²) in [6.45, 7) is 2.52. The van der Waals surface area contributed by atoms with E-state index in [9.17, 15) is 0 Å². The Kier molecular flexibility index (Phi) is 7.57. The van der Waals surface area contributed by atoms with Gasteiger partial charge >= 0.3 is 8.80 Å². The molecule has 6 heteroatoms. The van der Waals surface area contributed by atoms with Crippen LogP contribution in [-0.4, -0.2) is 40.6 Å². The monoisotopic (exact) mass is 242 g/mol. The van der Waals surface area contributed by atoms with Crippen molar-refractivity contribution in [2.45, 2.75) is 18.2 Å². The summed E-state index contributed by atoms with van der Waals surface area (Å²) >= 11 is 8.49. The lowest BCUT2D eigenvalue weighted by atomic mass is 10.5. The molecule has 0 spiro atoms. The minimum atomic E-state index is -2.45. The molecule has 0 heterocycles. The standard InChI is InChI=1S/C7H18O3S2Si/c1-4-10-13(8-2,9-3)6-7(12)5-11/h7,11-12H,4-6H2,1-3H3. The molecule has 1 atom stereocenters. The number of hydrogen-bond donors (Lipinski definition) is 2. The third-order valence-corrected chi connectivity index (χ3v) is 6.09. The maximum Gasteiger partial charge on any atom is 0.501 e. The second kappa shape index (κ2) is 7.14. The average molecular weight is 242 g/mol. The molecule has 13 heavy (non-hydrogen) atoms. The zero-order valence-electron chi connectivity index (χ0n) is 8.32. The zero-order chi connectivity index (χ0) is 10.3. The Morgan fingerprint density at radius 1 is 1.31 bits per heavy atom. The first-order valence-corrected chi connectivity index (χ1v) is 7.25. The van der Waals surface area contributed by atoms with Crippen LogP contribution < -0.4 is 0 Å². The molecule has 0 bridgehead atoms. The van der Waals surface area contributed by atoms with Gasteiger partial charge in [-0.3, -0.25) is 0 Å². The predicted molar refractivity (Wildman–Crippen MR) is 62.8 cm³/mol. The van der Waals surface area contributed by atoms with Crippen molar-refractivity contribution in [3.05, 3.63) is 0 Å². The van der Waals surface area contributed by atoms with Gasteiger partial charge in [-0.15, -0.1) is 0 Å². The molecule has 3 nitrogen and oxygen atoms in total. The Hall–Kier alpha value is 0.797. The largest absolute Gasteiger partial charge is 0.501 e. The van der Waals surface area contributed by atoms with Crippen LogP contribution in [0.1, 0.15) is 6.92 Å². The van der Waals surface area contributed by atoms with Crippen molar-refractivity contribution < 1.29 is 13.3 Å². The van der Waals surface area contributed by atoms with Crippen LogP contribution in [0.15, 0.2) is 0 Å². The van der Waals surface area contributed by atoms with Gasteiger partial charge in [-0.2, -0.15) is 25.3 Å². The Morgan fingerprint density at radius 2 is 1.85 bits per heavy atom. The van der Waals surface area contributed by atoms with Crippen molar-refractivity contribution in [3.63, 3.8) is 0 Å². The fourth-order valence-electron chi connectivity index (χ4n) is 1.000. The first kappa shape index (κ1) is 13.8. The summed E-state index contributed by atoms with van der Waals surface area (Å²) in [5.41, 5.74) is 0. The van der Waals surface area contributed by atoms with Crippen LogP contribution in [0.3, 0.4) is 0 Å². The molecule has 0 N–H and O–H groups in total. The van der Waals surface area contributed by atoms with E-state index in [2.05, 4.69) is 25.3 Å². The van der Waals surface area contributed by atoms with E-state index in [4.69, 9.17) is 13.3 Å². The van der Waals surface area contributed by atoms with E-state index in [1.54, 1.807) is 14.2 Å². The molecule has 0 aromatic carbocycles. The van der Waals surface area contributed by atoms with E-state index in [0.29, 0.717) is 18.4 Å². The summed E-state index contributed by atoms with van der Waals surface area (Å²) in [7, 11) is 0.778. The SMILES string of the molecule is CCO[Si](CC(S)CS)(OC)OC. The van der Waals surface area contributed by atoms with Crippen LogP contribution in [0.5, 0.6) is 0 Å². The third-order valence-electron chi connectivity index (χ3n) is 1.68. The number of thiol groups is 2. The van der Waals surface area contributed by atoms with E-state index in [0.717, 1.165) is 0 Å². The quantitative estimate of drug-likeness (QED) is 0.523. The van der Waals surface area contributed by atoms with Crippen LogP contribution in [0.4, 0.5) is 0 Å².